The third-order valence-corrected chi connectivity index (χ3v) is 5.18. The predicted octanol–water partition coefficient (Wildman–Crippen LogP) is 3.34. The number of ether oxygens (including phenoxy) is 1. The molecule has 0 N–H and O–H groups in total. The molecule has 4 nitrogen and oxygen atoms in total. The molecule has 25 heavy (non-hydrogen) atoms. The second-order valence-electron chi connectivity index (χ2n) is 6.55. The Morgan fingerprint density at radius 3 is 2.16 bits per heavy atom. The van der Waals surface area contributed by atoms with E-state index in [2.05, 4.69) is 0 Å². The average molecular weight is 337 g/mol. The van der Waals surface area contributed by atoms with Crippen LogP contribution >= 0.6 is 0 Å². The van der Waals surface area contributed by atoms with Crippen LogP contribution in [0.5, 0.6) is 0 Å². The number of aryl methyl sites for hydroxylation is 1. The molecule has 0 bridgehead atoms. The van der Waals surface area contributed by atoms with Crippen molar-refractivity contribution in [3.8, 4) is 0 Å². The van der Waals surface area contributed by atoms with Crippen LogP contribution in [0.25, 0.3) is 0 Å². The molecule has 0 atom stereocenters. The number of amides is 1. The molecule has 0 spiro atoms. The molecule has 4 heteroatoms. The molecule has 130 valence electrons. The summed E-state index contributed by atoms with van der Waals surface area (Å²) in [6, 6.07) is 17.4. The average Bonchev–Trinajstić information content (AvgIpc) is 2.68. The summed E-state index contributed by atoms with van der Waals surface area (Å²) < 4.78 is 5.10. The van der Waals surface area contributed by atoms with E-state index in [0.717, 1.165) is 16.7 Å². The lowest BCUT2D eigenvalue weighted by atomic mass is 9.72. The molecule has 0 unspecified atom stereocenters. The largest absolute Gasteiger partial charge is 0.468 e. The van der Waals surface area contributed by atoms with Crippen molar-refractivity contribution in [2.45, 2.75) is 25.2 Å². The lowest BCUT2D eigenvalue weighted by Crippen LogP contribution is -2.49. The minimum absolute atomic E-state index is 0.0321. The van der Waals surface area contributed by atoms with Crippen LogP contribution in [0, 0.1) is 6.92 Å². The smallest absolute Gasteiger partial charge is 0.316 e. The van der Waals surface area contributed by atoms with Crippen molar-refractivity contribution in [3.63, 3.8) is 0 Å². The number of esters is 1. The molecular weight excluding hydrogens is 314 g/mol. The molecule has 1 aliphatic heterocycles. The van der Waals surface area contributed by atoms with Gasteiger partial charge in [0.05, 0.1) is 12.5 Å². The van der Waals surface area contributed by atoms with Gasteiger partial charge in [0.15, 0.2) is 0 Å². The van der Waals surface area contributed by atoms with Crippen LogP contribution < -0.4 is 0 Å². The highest BCUT2D eigenvalue weighted by Gasteiger charge is 2.44. The second kappa shape index (κ2) is 7.09. The normalized spacial score (nSPS) is 16.3. The number of methoxy groups -OCH3 is 1. The van der Waals surface area contributed by atoms with Gasteiger partial charge in [0.2, 0.25) is 0 Å². The van der Waals surface area contributed by atoms with Gasteiger partial charge in [-0.1, -0.05) is 48.5 Å². The van der Waals surface area contributed by atoms with Crippen LogP contribution in [0.3, 0.4) is 0 Å². The molecule has 0 radical (unpaired) electrons. The van der Waals surface area contributed by atoms with E-state index in [9.17, 15) is 9.59 Å². The molecule has 1 fully saturated rings. The summed E-state index contributed by atoms with van der Waals surface area (Å²) in [6.45, 7) is 3.02. The fraction of sp³-hybridized carbons (Fsp3) is 0.333. The van der Waals surface area contributed by atoms with Crippen LogP contribution in [0.15, 0.2) is 54.6 Å². The minimum Gasteiger partial charge on any atom is -0.468 e. The van der Waals surface area contributed by atoms with Crippen molar-refractivity contribution in [1.29, 1.82) is 0 Å². The molecule has 1 saturated heterocycles. The van der Waals surface area contributed by atoms with Crippen LogP contribution in [0.4, 0.5) is 0 Å². The summed E-state index contributed by atoms with van der Waals surface area (Å²) in [6.07, 6.45) is 1.14. The first-order valence-electron chi connectivity index (χ1n) is 8.57. The van der Waals surface area contributed by atoms with Gasteiger partial charge in [0.1, 0.15) is 0 Å². The van der Waals surface area contributed by atoms with Crippen molar-refractivity contribution in [3.05, 3.63) is 71.3 Å². The first-order valence-corrected chi connectivity index (χ1v) is 8.57. The Morgan fingerprint density at radius 2 is 1.56 bits per heavy atom. The van der Waals surface area contributed by atoms with Crippen LogP contribution in [0.2, 0.25) is 0 Å². The molecule has 1 heterocycles. The first-order chi connectivity index (χ1) is 12.1. The molecule has 3 rings (SSSR count). The number of nitrogens with zero attached hydrogens (tertiary/aromatic N) is 1. The number of carbonyl (C=O) groups is 2. The number of hydrogen-bond donors (Lipinski definition) is 0. The molecule has 2 aromatic carbocycles. The number of hydrogen-bond acceptors (Lipinski definition) is 3. The van der Waals surface area contributed by atoms with Gasteiger partial charge in [-0.15, -0.1) is 0 Å². The van der Waals surface area contributed by atoms with E-state index in [4.69, 9.17) is 4.74 Å². The quantitative estimate of drug-likeness (QED) is 0.807. The van der Waals surface area contributed by atoms with Crippen LogP contribution in [-0.2, 0) is 14.9 Å². The fourth-order valence-electron chi connectivity index (χ4n) is 3.64. The fourth-order valence-corrected chi connectivity index (χ4v) is 3.64. The second-order valence-corrected chi connectivity index (χ2v) is 6.55. The zero-order chi connectivity index (χ0) is 17.9. The summed E-state index contributed by atoms with van der Waals surface area (Å²) in [4.78, 5) is 27.2. The molecule has 0 aromatic heterocycles. The highest BCUT2D eigenvalue weighted by atomic mass is 16.5. The number of piperidine rings is 1. The minimum atomic E-state index is -0.668. The van der Waals surface area contributed by atoms with E-state index in [1.807, 2.05) is 66.4 Å². The maximum atomic E-state index is 12.8. The van der Waals surface area contributed by atoms with Crippen LogP contribution in [0.1, 0.15) is 34.3 Å². The van der Waals surface area contributed by atoms with Gasteiger partial charge < -0.3 is 9.64 Å². The van der Waals surface area contributed by atoms with E-state index in [1.54, 1.807) is 0 Å². The lowest BCUT2D eigenvalue weighted by molar-refractivity contribution is -0.149. The van der Waals surface area contributed by atoms with E-state index >= 15 is 0 Å². The van der Waals surface area contributed by atoms with E-state index < -0.39 is 5.41 Å². The topological polar surface area (TPSA) is 46.6 Å². The summed E-state index contributed by atoms with van der Waals surface area (Å²) >= 11 is 0. The predicted molar refractivity (Wildman–Crippen MR) is 96.5 cm³/mol. The maximum Gasteiger partial charge on any atom is 0.316 e. The first kappa shape index (κ1) is 17.2. The zero-order valence-electron chi connectivity index (χ0n) is 14.7. The molecule has 1 amide bonds. The Labute approximate surface area is 148 Å². The van der Waals surface area contributed by atoms with Gasteiger partial charge >= 0.3 is 5.97 Å². The number of likely N-dealkylation sites (tertiary alicyclic amines) is 1. The number of benzene rings is 2. The Kier molecular flexibility index (Phi) is 4.88. The van der Waals surface area contributed by atoms with Gasteiger partial charge in [-0.3, -0.25) is 9.59 Å². The van der Waals surface area contributed by atoms with Crippen molar-refractivity contribution in [1.82, 2.24) is 4.90 Å². The summed E-state index contributed by atoms with van der Waals surface area (Å²) in [5.41, 5.74) is 2.00. The van der Waals surface area contributed by atoms with Gasteiger partial charge in [-0.2, -0.15) is 0 Å². The molecular formula is C21H23NO3. The Hall–Kier alpha value is -2.62. The number of rotatable bonds is 3. The lowest BCUT2D eigenvalue weighted by Gasteiger charge is -2.40. The van der Waals surface area contributed by atoms with Crippen LogP contribution in [-0.4, -0.2) is 37.0 Å². The van der Waals surface area contributed by atoms with Gasteiger partial charge in [0.25, 0.3) is 5.91 Å². The standard InChI is InChI=1S/C21H23NO3/c1-16-8-6-7-11-18(16)19(23)22-14-12-21(13-15-22,20(24)25-2)17-9-4-3-5-10-17/h3-11H,12-15H2,1-2H3. The summed E-state index contributed by atoms with van der Waals surface area (Å²) in [5, 5.41) is 0. The van der Waals surface area contributed by atoms with Crippen molar-refractivity contribution in [2.24, 2.45) is 0 Å². The highest BCUT2D eigenvalue weighted by molar-refractivity contribution is 5.96. The van der Waals surface area contributed by atoms with Crippen molar-refractivity contribution < 1.29 is 14.3 Å². The Bertz CT molecular complexity index is 762. The molecule has 1 aliphatic rings. The summed E-state index contributed by atoms with van der Waals surface area (Å²) in [5.74, 6) is -0.189. The van der Waals surface area contributed by atoms with Gasteiger partial charge in [-0.25, -0.2) is 0 Å². The van der Waals surface area contributed by atoms with E-state index in [1.165, 1.54) is 7.11 Å². The SMILES string of the molecule is COC(=O)C1(c2ccccc2)CCN(C(=O)c2ccccc2C)CC1. The third kappa shape index (κ3) is 3.16. The molecule has 2 aromatic rings. The van der Waals surface area contributed by atoms with E-state index in [0.29, 0.717) is 25.9 Å². The molecule has 0 aliphatic carbocycles. The zero-order valence-corrected chi connectivity index (χ0v) is 14.7. The Morgan fingerprint density at radius 1 is 0.960 bits per heavy atom. The third-order valence-electron chi connectivity index (χ3n) is 5.18. The van der Waals surface area contributed by atoms with Crippen molar-refractivity contribution >= 4 is 11.9 Å². The summed E-state index contributed by atoms with van der Waals surface area (Å²) in [7, 11) is 1.43. The van der Waals surface area contributed by atoms with Gasteiger partial charge in [-0.05, 0) is 37.0 Å². The van der Waals surface area contributed by atoms with E-state index in [-0.39, 0.29) is 11.9 Å². The highest BCUT2D eigenvalue weighted by Crippen LogP contribution is 2.37. The molecule has 0 saturated carbocycles. The monoisotopic (exact) mass is 337 g/mol. The van der Waals surface area contributed by atoms with Crippen molar-refractivity contribution in [2.75, 3.05) is 20.2 Å². The Balaban J connectivity index is 1.82. The number of carbonyl (C=O) groups excluding carboxylic acids is 2. The van der Waals surface area contributed by atoms with Gasteiger partial charge in [0, 0.05) is 18.7 Å². The maximum absolute atomic E-state index is 12.8.